The number of hydrogen-bond acceptors (Lipinski definition) is 4. The molecule has 0 amide bonds. The maximum atomic E-state index is 6.13. The number of benzene rings is 1. The molecule has 1 N–H and O–H groups in total. The van der Waals surface area contributed by atoms with Crippen LogP contribution in [0.1, 0.15) is 41.5 Å². The average Bonchev–Trinajstić information content (AvgIpc) is 3.10. The minimum Gasteiger partial charge on any atom is -0.369 e. The molecular weight excluding hydrogens is 264 g/mol. The molecule has 4 nitrogen and oxygen atoms in total. The summed E-state index contributed by atoms with van der Waals surface area (Å²) in [6, 6.07) is 10.5. The van der Waals surface area contributed by atoms with Gasteiger partial charge in [0.2, 0.25) is 0 Å². The SMILES string of the molecule is Cc1noc(C)c1CNC[C@H]1CC[C@@H](c2ccccc2)O1. The van der Waals surface area contributed by atoms with Gasteiger partial charge in [-0.05, 0) is 32.3 Å². The van der Waals surface area contributed by atoms with Crippen molar-refractivity contribution in [3.63, 3.8) is 0 Å². The summed E-state index contributed by atoms with van der Waals surface area (Å²) in [6.07, 6.45) is 2.74. The van der Waals surface area contributed by atoms with Crippen LogP contribution in [0.3, 0.4) is 0 Å². The number of rotatable bonds is 5. The zero-order valence-corrected chi connectivity index (χ0v) is 12.6. The van der Waals surface area contributed by atoms with E-state index in [2.05, 4.69) is 34.7 Å². The topological polar surface area (TPSA) is 47.3 Å². The van der Waals surface area contributed by atoms with Crippen LogP contribution in [-0.2, 0) is 11.3 Å². The fourth-order valence-electron chi connectivity index (χ4n) is 2.88. The van der Waals surface area contributed by atoms with E-state index >= 15 is 0 Å². The quantitative estimate of drug-likeness (QED) is 0.916. The van der Waals surface area contributed by atoms with E-state index in [0.717, 1.165) is 42.9 Å². The first-order valence-corrected chi connectivity index (χ1v) is 7.57. The third-order valence-corrected chi connectivity index (χ3v) is 4.13. The summed E-state index contributed by atoms with van der Waals surface area (Å²) >= 11 is 0. The second-order valence-electron chi connectivity index (χ2n) is 5.67. The summed E-state index contributed by atoms with van der Waals surface area (Å²) in [7, 11) is 0. The van der Waals surface area contributed by atoms with E-state index in [0.29, 0.717) is 0 Å². The van der Waals surface area contributed by atoms with Gasteiger partial charge in [-0.1, -0.05) is 35.5 Å². The van der Waals surface area contributed by atoms with Crippen molar-refractivity contribution < 1.29 is 9.26 Å². The Hall–Kier alpha value is -1.65. The monoisotopic (exact) mass is 286 g/mol. The number of aromatic nitrogens is 1. The Labute approximate surface area is 125 Å². The highest BCUT2D eigenvalue weighted by molar-refractivity contribution is 5.20. The lowest BCUT2D eigenvalue weighted by Gasteiger charge is -2.14. The second kappa shape index (κ2) is 6.41. The molecule has 2 atom stereocenters. The summed E-state index contributed by atoms with van der Waals surface area (Å²) in [5, 5.41) is 7.43. The summed E-state index contributed by atoms with van der Waals surface area (Å²) in [5.74, 6) is 0.898. The summed E-state index contributed by atoms with van der Waals surface area (Å²) < 4.78 is 11.3. The number of hydrogen-bond donors (Lipinski definition) is 1. The van der Waals surface area contributed by atoms with Gasteiger partial charge in [0.05, 0.1) is 17.9 Å². The van der Waals surface area contributed by atoms with Crippen LogP contribution in [0.25, 0.3) is 0 Å². The lowest BCUT2D eigenvalue weighted by molar-refractivity contribution is 0.0447. The first-order chi connectivity index (χ1) is 10.2. The molecule has 0 aliphatic carbocycles. The zero-order valence-electron chi connectivity index (χ0n) is 12.6. The van der Waals surface area contributed by atoms with E-state index in [1.807, 2.05) is 19.9 Å². The van der Waals surface area contributed by atoms with E-state index in [1.54, 1.807) is 0 Å². The van der Waals surface area contributed by atoms with Crippen LogP contribution < -0.4 is 5.32 Å². The van der Waals surface area contributed by atoms with Crippen LogP contribution in [-0.4, -0.2) is 17.8 Å². The molecule has 1 fully saturated rings. The predicted octanol–water partition coefficient (Wildman–Crippen LogP) is 3.30. The van der Waals surface area contributed by atoms with Crippen molar-refractivity contribution >= 4 is 0 Å². The first-order valence-electron chi connectivity index (χ1n) is 7.57. The molecule has 112 valence electrons. The molecule has 0 radical (unpaired) electrons. The van der Waals surface area contributed by atoms with Crippen molar-refractivity contribution in [1.29, 1.82) is 0 Å². The van der Waals surface area contributed by atoms with Crippen molar-refractivity contribution in [3.05, 3.63) is 52.9 Å². The van der Waals surface area contributed by atoms with Crippen molar-refractivity contribution in [2.75, 3.05) is 6.54 Å². The molecular formula is C17H22N2O2. The van der Waals surface area contributed by atoms with Gasteiger partial charge in [0.15, 0.2) is 0 Å². The van der Waals surface area contributed by atoms with Crippen molar-refractivity contribution in [3.8, 4) is 0 Å². The van der Waals surface area contributed by atoms with Crippen LogP contribution in [0.2, 0.25) is 0 Å². The van der Waals surface area contributed by atoms with E-state index < -0.39 is 0 Å². The molecule has 0 spiro atoms. The van der Waals surface area contributed by atoms with Gasteiger partial charge in [0, 0.05) is 18.7 Å². The summed E-state index contributed by atoms with van der Waals surface area (Å²) in [5.41, 5.74) is 3.41. The maximum Gasteiger partial charge on any atom is 0.138 e. The molecule has 3 rings (SSSR count). The second-order valence-corrected chi connectivity index (χ2v) is 5.67. The number of nitrogens with one attached hydrogen (secondary N) is 1. The van der Waals surface area contributed by atoms with Gasteiger partial charge < -0.3 is 14.6 Å². The Kier molecular flexibility index (Phi) is 4.36. The third kappa shape index (κ3) is 3.34. The number of nitrogens with zero attached hydrogens (tertiary/aromatic N) is 1. The van der Waals surface area contributed by atoms with Gasteiger partial charge in [0.25, 0.3) is 0 Å². The standard InChI is InChI=1S/C17H22N2O2/c1-12-16(13(2)21-19-12)11-18-10-15-8-9-17(20-15)14-6-4-3-5-7-14/h3-7,15,17-18H,8-11H2,1-2H3/t15-,17+/m1/s1. The van der Waals surface area contributed by atoms with Crippen molar-refractivity contribution in [2.24, 2.45) is 0 Å². The Morgan fingerprint density at radius 1 is 1.19 bits per heavy atom. The molecule has 0 bridgehead atoms. The van der Waals surface area contributed by atoms with Gasteiger partial charge in [0.1, 0.15) is 5.76 Å². The van der Waals surface area contributed by atoms with Gasteiger partial charge in [-0.25, -0.2) is 0 Å². The van der Waals surface area contributed by atoms with Gasteiger partial charge >= 0.3 is 0 Å². The molecule has 1 aromatic heterocycles. The first kappa shape index (κ1) is 14.3. The molecule has 0 unspecified atom stereocenters. The van der Waals surface area contributed by atoms with Crippen molar-refractivity contribution in [2.45, 2.75) is 45.4 Å². The van der Waals surface area contributed by atoms with E-state index in [1.165, 1.54) is 5.56 Å². The summed E-state index contributed by atoms with van der Waals surface area (Å²) in [6.45, 7) is 5.59. The van der Waals surface area contributed by atoms with Gasteiger partial charge in [-0.15, -0.1) is 0 Å². The Morgan fingerprint density at radius 2 is 2.00 bits per heavy atom. The average molecular weight is 286 g/mol. The van der Waals surface area contributed by atoms with Crippen LogP contribution >= 0.6 is 0 Å². The summed E-state index contributed by atoms with van der Waals surface area (Å²) in [4.78, 5) is 0. The van der Waals surface area contributed by atoms with Crippen LogP contribution in [0.15, 0.2) is 34.9 Å². The van der Waals surface area contributed by atoms with Crippen LogP contribution in [0.4, 0.5) is 0 Å². The highest BCUT2D eigenvalue weighted by Gasteiger charge is 2.26. The van der Waals surface area contributed by atoms with Gasteiger partial charge in [-0.3, -0.25) is 0 Å². The number of aryl methyl sites for hydroxylation is 2. The Morgan fingerprint density at radius 3 is 2.71 bits per heavy atom. The molecule has 2 aromatic rings. The minimum atomic E-state index is 0.247. The molecule has 1 aliphatic rings. The van der Waals surface area contributed by atoms with Crippen molar-refractivity contribution in [1.82, 2.24) is 10.5 Å². The normalized spacial score (nSPS) is 21.8. The molecule has 1 aliphatic heterocycles. The Bertz CT molecular complexity index is 560. The predicted molar refractivity (Wildman–Crippen MR) is 81.0 cm³/mol. The smallest absolute Gasteiger partial charge is 0.138 e. The lowest BCUT2D eigenvalue weighted by atomic mass is 10.1. The van der Waals surface area contributed by atoms with Gasteiger partial charge in [-0.2, -0.15) is 0 Å². The Balaban J connectivity index is 1.47. The van der Waals surface area contributed by atoms with Crippen LogP contribution in [0, 0.1) is 13.8 Å². The fourth-order valence-corrected chi connectivity index (χ4v) is 2.88. The highest BCUT2D eigenvalue weighted by Crippen LogP contribution is 2.32. The zero-order chi connectivity index (χ0) is 14.7. The molecule has 4 heteroatoms. The maximum absolute atomic E-state index is 6.13. The molecule has 0 saturated carbocycles. The highest BCUT2D eigenvalue weighted by atomic mass is 16.5. The van der Waals surface area contributed by atoms with E-state index in [9.17, 15) is 0 Å². The number of ether oxygens (including phenoxy) is 1. The third-order valence-electron chi connectivity index (χ3n) is 4.13. The minimum absolute atomic E-state index is 0.247. The largest absolute Gasteiger partial charge is 0.369 e. The molecule has 1 saturated heterocycles. The molecule has 21 heavy (non-hydrogen) atoms. The fraction of sp³-hybridized carbons (Fsp3) is 0.471. The molecule has 1 aromatic carbocycles. The van der Waals surface area contributed by atoms with E-state index in [-0.39, 0.29) is 12.2 Å². The lowest BCUT2D eigenvalue weighted by Crippen LogP contribution is -2.26. The van der Waals surface area contributed by atoms with Crippen LogP contribution in [0.5, 0.6) is 0 Å². The van der Waals surface area contributed by atoms with E-state index in [4.69, 9.17) is 9.26 Å². The molecule has 2 heterocycles.